The maximum atomic E-state index is 15.0. The van der Waals surface area contributed by atoms with Gasteiger partial charge in [0.25, 0.3) is 11.8 Å². The fourth-order valence-corrected chi connectivity index (χ4v) is 11.9. The first kappa shape index (κ1) is 59.3. The number of carbonyl (C=O) groups excluding carboxylic acids is 9. The number of halogens is 2. The molecule has 83 heavy (non-hydrogen) atoms. The Bertz CT molecular complexity index is 3320. The number of nitrogens with zero attached hydrogens (tertiary/aromatic N) is 3. The van der Waals surface area contributed by atoms with E-state index >= 15 is 4.79 Å². The van der Waals surface area contributed by atoms with Crippen LogP contribution >= 0.6 is 7.60 Å². The van der Waals surface area contributed by atoms with Gasteiger partial charge in [-0.25, -0.2) is 0 Å². The second kappa shape index (κ2) is 25.4. The van der Waals surface area contributed by atoms with Gasteiger partial charge in [-0.15, -0.1) is 0 Å². The number of rotatable bonds is 22. The van der Waals surface area contributed by atoms with Gasteiger partial charge in [0.05, 0.1) is 6.04 Å². The molecule has 5 heterocycles. The lowest BCUT2D eigenvalue weighted by atomic mass is 9.98. The minimum absolute atomic E-state index is 0.000846. The van der Waals surface area contributed by atoms with E-state index in [1.807, 2.05) is 66.7 Å². The summed E-state index contributed by atoms with van der Waals surface area (Å²) >= 11 is 0. The van der Waals surface area contributed by atoms with Crippen LogP contribution in [0.4, 0.5) is 14.5 Å². The summed E-state index contributed by atoms with van der Waals surface area (Å²) in [6.07, 6.45) is 3.34. The van der Waals surface area contributed by atoms with Crippen LogP contribution in [-0.2, 0) is 50.3 Å². The number of fused-ring (bicyclic) bond motifs is 3. The highest BCUT2D eigenvalue weighted by Gasteiger charge is 2.51. The third kappa shape index (κ3) is 13.5. The van der Waals surface area contributed by atoms with Crippen molar-refractivity contribution in [2.24, 2.45) is 5.73 Å². The lowest BCUT2D eigenvalue weighted by molar-refractivity contribution is -0.145. The highest BCUT2D eigenvalue weighted by molar-refractivity contribution is 7.52. The quantitative estimate of drug-likeness (QED) is 0.0261. The Morgan fingerprint density at radius 1 is 0.807 bits per heavy atom. The van der Waals surface area contributed by atoms with Gasteiger partial charge in [-0.1, -0.05) is 85.6 Å². The van der Waals surface area contributed by atoms with Crippen LogP contribution in [0.1, 0.15) is 126 Å². The number of amides is 9. The number of carbonyl (C=O) groups is 9. The van der Waals surface area contributed by atoms with Gasteiger partial charge in [0.15, 0.2) is 0 Å². The summed E-state index contributed by atoms with van der Waals surface area (Å²) in [6, 6.07) is 21.6. The molecule has 4 aromatic carbocycles. The van der Waals surface area contributed by atoms with E-state index in [0.29, 0.717) is 37.8 Å². The van der Waals surface area contributed by atoms with Gasteiger partial charge in [0.2, 0.25) is 41.4 Å². The summed E-state index contributed by atoms with van der Waals surface area (Å²) in [5.74, 6) is -5.07. The van der Waals surface area contributed by atoms with Crippen LogP contribution in [-0.4, -0.2) is 132 Å². The first-order chi connectivity index (χ1) is 39.7. The van der Waals surface area contributed by atoms with Crippen molar-refractivity contribution in [2.45, 2.75) is 126 Å². The largest absolute Gasteiger partial charge is 0.399 e. The van der Waals surface area contributed by atoms with Crippen LogP contribution in [0.2, 0.25) is 0 Å². The summed E-state index contributed by atoms with van der Waals surface area (Å²) in [5, 5.41) is 14.2. The highest BCUT2D eigenvalue weighted by atomic mass is 31.2. The van der Waals surface area contributed by atoms with Crippen molar-refractivity contribution in [1.82, 2.24) is 41.0 Å². The smallest absolute Gasteiger partial charge is 0.385 e. The molecule has 22 nitrogen and oxygen atoms in total. The fraction of sp³-hybridized carbons (Fsp3) is 0.397. The molecular formula is C58H65F2N10O12P. The Morgan fingerprint density at radius 3 is 2.20 bits per heavy atom. The number of benzene rings is 4. The summed E-state index contributed by atoms with van der Waals surface area (Å²) in [5.41, 5.74) is 3.45. The SMILES string of the molecule is NC(=O)CCC(NC(=O)[C@@H]1CC[C@@H]2CCN(C(=O)CCCCCCNc3cccc4c3CN(C3CCC(=O)NC3=O)C4=O)C[C@H](NC(=O)c3cc4cc(C(F)(F)P(=O)(O)O)ccc4[nH]3)C(=O)N21)C(=O)NC(c1ccccc1)c1ccccc1. The Labute approximate surface area is 475 Å². The standard InChI is InChI=1S/C58H65F2N10O12P/c59-58(60,83(80,81)82)37-19-21-41-36(30-37)31-44(63-41)53(75)65-45-33-68(50(73)18-9-1-2-10-28-62-42-17-11-16-39-40(42)32-69(56(39)78)46-24-26-49(72)66-54(46)76)29-27-38-20-23-47(70(38)57(45)79)55(77)64-43(22-25-48(61)71)52(74)67-51(34-12-5-3-6-13-34)35-14-7-4-8-15-35/h3-8,11-17,19,21,30-31,38,43,45-47,51,62-63H,1-2,9-10,18,20,22-29,32-33H2,(H2,61,71)(H,64,77)(H,65,75)(H,67,74)(H,66,72,76)(H2,80,81,82)/t38-,43?,45+,46?,47+/m1/s1. The predicted molar refractivity (Wildman–Crippen MR) is 298 cm³/mol. The number of H-pyrrole nitrogens is 1. The van der Waals surface area contributed by atoms with E-state index in [0.717, 1.165) is 47.0 Å². The number of nitrogens with two attached hydrogens (primary N) is 1. The molecule has 9 amide bonds. The van der Waals surface area contributed by atoms with Crippen LogP contribution in [0.15, 0.2) is 103 Å². The van der Waals surface area contributed by atoms with Crippen LogP contribution in [0.5, 0.6) is 0 Å². The van der Waals surface area contributed by atoms with Crippen LogP contribution in [0.3, 0.4) is 0 Å². The number of aromatic nitrogens is 1. The Morgan fingerprint density at radius 2 is 1.52 bits per heavy atom. The van der Waals surface area contributed by atoms with Crippen molar-refractivity contribution in [3.05, 3.63) is 137 Å². The number of unbranched alkanes of at least 4 members (excludes halogenated alkanes) is 3. The summed E-state index contributed by atoms with van der Waals surface area (Å²) in [7, 11) is -5.93. The van der Waals surface area contributed by atoms with Gasteiger partial charge in [-0.3, -0.25) is 53.0 Å². The highest BCUT2D eigenvalue weighted by Crippen LogP contribution is 2.59. The zero-order valence-electron chi connectivity index (χ0n) is 45.2. The number of primary amides is 1. The molecule has 0 bridgehead atoms. The maximum Gasteiger partial charge on any atom is 0.399 e. The van der Waals surface area contributed by atoms with Gasteiger partial charge in [0, 0.05) is 84.8 Å². The molecule has 4 aliphatic rings. The Balaban J connectivity index is 0.871. The third-order valence-electron chi connectivity index (χ3n) is 15.8. The average molecular weight is 1160 g/mol. The molecule has 438 valence electrons. The fourth-order valence-electron chi connectivity index (χ4n) is 11.4. The number of hydrogen-bond donors (Lipinski definition) is 9. The summed E-state index contributed by atoms with van der Waals surface area (Å²) in [6.45, 7) is 0.580. The van der Waals surface area contributed by atoms with Crippen molar-refractivity contribution in [3.63, 3.8) is 0 Å². The van der Waals surface area contributed by atoms with E-state index in [2.05, 4.69) is 31.6 Å². The van der Waals surface area contributed by atoms with Gasteiger partial charge in [-0.05, 0) is 86.4 Å². The van der Waals surface area contributed by atoms with Gasteiger partial charge in [-0.2, -0.15) is 8.78 Å². The number of anilines is 1. The molecular weight excluding hydrogens is 1100 g/mol. The maximum absolute atomic E-state index is 15.0. The lowest BCUT2D eigenvalue weighted by Crippen LogP contribution is -2.62. The summed E-state index contributed by atoms with van der Waals surface area (Å²) < 4.78 is 41.1. The van der Waals surface area contributed by atoms with Crippen molar-refractivity contribution >= 4 is 77.4 Å². The molecule has 3 fully saturated rings. The molecule has 5 atom stereocenters. The van der Waals surface area contributed by atoms with E-state index in [4.69, 9.17) is 5.73 Å². The first-order valence-corrected chi connectivity index (χ1v) is 29.3. The molecule has 0 aliphatic carbocycles. The number of aromatic amines is 1. The zero-order valence-corrected chi connectivity index (χ0v) is 46.1. The van der Waals surface area contributed by atoms with Crippen molar-refractivity contribution in [3.8, 4) is 0 Å². The third-order valence-corrected chi connectivity index (χ3v) is 16.8. The average Bonchev–Trinajstić information content (AvgIpc) is 4.43. The van der Waals surface area contributed by atoms with Gasteiger partial charge >= 0.3 is 13.3 Å². The molecule has 2 unspecified atom stereocenters. The number of hydrogen-bond acceptors (Lipinski definition) is 11. The zero-order chi connectivity index (χ0) is 59.2. The number of piperidine rings is 1. The molecule has 25 heteroatoms. The van der Waals surface area contributed by atoms with Crippen molar-refractivity contribution < 1.29 is 66.3 Å². The topological polar surface area (TPSA) is 323 Å². The van der Waals surface area contributed by atoms with E-state index < -0.39 is 90.5 Å². The minimum atomic E-state index is -5.93. The molecule has 4 aliphatic heterocycles. The summed E-state index contributed by atoms with van der Waals surface area (Å²) in [4.78, 5) is 148. The molecule has 3 saturated heterocycles. The Kier molecular flexibility index (Phi) is 18.2. The Hall–Kier alpha value is -8.34. The molecule has 0 saturated carbocycles. The predicted octanol–water partition coefficient (Wildman–Crippen LogP) is 4.56. The monoisotopic (exact) mass is 1160 g/mol. The first-order valence-electron chi connectivity index (χ1n) is 27.7. The number of nitrogens with one attached hydrogen (secondary N) is 6. The lowest BCUT2D eigenvalue weighted by Gasteiger charge is -2.39. The van der Waals surface area contributed by atoms with Crippen LogP contribution < -0.4 is 32.3 Å². The van der Waals surface area contributed by atoms with Crippen molar-refractivity contribution in [1.29, 1.82) is 0 Å². The molecule has 0 spiro atoms. The van der Waals surface area contributed by atoms with E-state index in [1.54, 1.807) is 12.1 Å². The molecule has 5 aromatic rings. The number of imide groups is 1. The van der Waals surface area contributed by atoms with E-state index in [9.17, 15) is 61.5 Å². The van der Waals surface area contributed by atoms with Crippen LogP contribution in [0, 0.1) is 0 Å². The van der Waals surface area contributed by atoms with E-state index in [-0.39, 0.29) is 98.9 Å². The van der Waals surface area contributed by atoms with Crippen LogP contribution in [0.25, 0.3) is 10.9 Å². The van der Waals surface area contributed by atoms with E-state index in [1.165, 1.54) is 20.8 Å². The number of alkyl halides is 2. The molecule has 10 N–H and O–H groups in total. The van der Waals surface area contributed by atoms with Gasteiger partial charge < -0.3 is 56.5 Å². The van der Waals surface area contributed by atoms with Gasteiger partial charge in [0.1, 0.15) is 29.9 Å². The molecule has 1 aromatic heterocycles. The second-order valence-corrected chi connectivity index (χ2v) is 23.0. The second-order valence-electron chi connectivity index (χ2n) is 21.4. The van der Waals surface area contributed by atoms with Crippen molar-refractivity contribution in [2.75, 3.05) is 25.0 Å². The normalized spacial score (nSPS) is 19.6. The minimum Gasteiger partial charge on any atom is -0.385 e. The molecule has 9 rings (SSSR count). The molecule has 0 radical (unpaired) electrons.